The summed E-state index contributed by atoms with van der Waals surface area (Å²) in [5, 5.41) is 13.6. The molecule has 0 bridgehead atoms. The van der Waals surface area contributed by atoms with Crippen molar-refractivity contribution in [3.8, 4) is 0 Å². The SMILES string of the molecule is CCC[N+](CCC)(CCC)CCC.O=[N+]([O-])O. The zero-order valence-corrected chi connectivity index (χ0v) is 11.8. The Morgan fingerprint density at radius 1 is 0.882 bits per heavy atom. The van der Waals surface area contributed by atoms with E-state index in [9.17, 15) is 0 Å². The first kappa shape index (κ1) is 18.5. The number of quaternary nitrogens is 1. The summed E-state index contributed by atoms with van der Waals surface area (Å²) in [6.07, 6.45) is 5.33. The summed E-state index contributed by atoms with van der Waals surface area (Å²) in [5.74, 6) is 0. The molecule has 0 heterocycles. The molecule has 0 atom stereocenters. The van der Waals surface area contributed by atoms with Gasteiger partial charge in [0.25, 0.3) is 5.09 Å². The molecule has 0 aromatic rings. The fourth-order valence-corrected chi connectivity index (χ4v) is 2.57. The van der Waals surface area contributed by atoms with E-state index in [4.69, 9.17) is 15.3 Å². The van der Waals surface area contributed by atoms with Gasteiger partial charge in [-0.05, 0) is 25.7 Å². The second-order valence-electron chi connectivity index (χ2n) is 4.47. The van der Waals surface area contributed by atoms with Crippen LogP contribution in [0.1, 0.15) is 53.4 Å². The van der Waals surface area contributed by atoms with Crippen molar-refractivity contribution in [3.63, 3.8) is 0 Å². The Balaban J connectivity index is 0. The van der Waals surface area contributed by atoms with E-state index in [0.29, 0.717) is 0 Å². The molecule has 0 aliphatic heterocycles. The first-order valence-electron chi connectivity index (χ1n) is 6.66. The third-order valence-corrected chi connectivity index (χ3v) is 2.79. The highest BCUT2D eigenvalue weighted by Crippen LogP contribution is 2.12. The van der Waals surface area contributed by atoms with Crippen LogP contribution in [0.2, 0.25) is 0 Å². The average Bonchev–Trinajstić information content (AvgIpc) is 2.18. The predicted octanol–water partition coefficient (Wildman–Crippen LogP) is 3.10. The van der Waals surface area contributed by atoms with Crippen LogP contribution in [-0.2, 0) is 0 Å². The molecule has 0 aromatic heterocycles. The monoisotopic (exact) mass is 249 g/mol. The zero-order chi connectivity index (χ0) is 13.7. The van der Waals surface area contributed by atoms with E-state index in [0.717, 1.165) is 0 Å². The van der Waals surface area contributed by atoms with Gasteiger partial charge in [0.1, 0.15) is 0 Å². The second-order valence-corrected chi connectivity index (χ2v) is 4.47. The van der Waals surface area contributed by atoms with Crippen molar-refractivity contribution in [1.29, 1.82) is 0 Å². The summed E-state index contributed by atoms with van der Waals surface area (Å²) in [7, 11) is 0. The van der Waals surface area contributed by atoms with Crippen LogP contribution < -0.4 is 0 Å². The van der Waals surface area contributed by atoms with Crippen molar-refractivity contribution < 1.29 is 14.8 Å². The third kappa shape index (κ3) is 11.4. The number of nitrogens with zero attached hydrogens (tertiary/aromatic N) is 2. The van der Waals surface area contributed by atoms with Gasteiger partial charge in [-0.3, -0.25) is 0 Å². The lowest BCUT2D eigenvalue weighted by Gasteiger charge is -2.38. The molecule has 0 aliphatic rings. The minimum atomic E-state index is -1.50. The van der Waals surface area contributed by atoms with Gasteiger partial charge in [0, 0.05) is 0 Å². The molecule has 0 rings (SSSR count). The second kappa shape index (κ2) is 11.6. The van der Waals surface area contributed by atoms with Gasteiger partial charge in [0.2, 0.25) is 0 Å². The first-order valence-corrected chi connectivity index (χ1v) is 6.66. The zero-order valence-electron chi connectivity index (χ0n) is 11.8. The summed E-state index contributed by atoms with van der Waals surface area (Å²) < 4.78 is 1.38. The molecule has 0 saturated heterocycles. The van der Waals surface area contributed by atoms with Gasteiger partial charge in [-0.1, -0.05) is 27.7 Å². The quantitative estimate of drug-likeness (QED) is 0.408. The van der Waals surface area contributed by atoms with E-state index in [1.165, 1.54) is 56.3 Å². The summed E-state index contributed by atoms with van der Waals surface area (Å²) >= 11 is 0. The van der Waals surface area contributed by atoms with Gasteiger partial charge >= 0.3 is 0 Å². The molecular formula is C12H29N2O3+. The Bertz CT molecular complexity index is 153. The largest absolute Gasteiger partial charge is 0.328 e. The average molecular weight is 249 g/mol. The van der Waals surface area contributed by atoms with E-state index >= 15 is 0 Å². The molecule has 5 heteroatoms. The molecule has 104 valence electrons. The minimum absolute atomic E-state index is 1.33. The van der Waals surface area contributed by atoms with Crippen molar-refractivity contribution in [1.82, 2.24) is 0 Å². The van der Waals surface area contributed by atoms with Crippen LogP contribution in [0.25, 0.3) is 0 Å². The number of hydrogen-bond donors (Lipinski definition) is 1. The van der Waals surface area contributed by atoms with Crippen LogP contribution >= 0.6 is 0 Å². The molecular weight excluding hydrogens is 220 g/mol. The van der Waals surface area contributed by atoms with E-state index in [-0.39, 0.29) is 0 Å². The van der Waals surface area contributed by atoms with Gasteiger partial charge < -0.3 is 9.69 Å². The molecule has 0 spiro atoms. The highest BCUT2D eigenvalue weighted by atomic mass is 16.9. The lowest BCUT2D eigenvalue weighted by molar-refractivity contribution is -0.928. The molecule has 0 fully saturated rings. The minimum Gasteiger partial charge on any atom is -0.328 e. The third-order valence-electron chi connectivity index (χ3n) is 2.79. The molecule has 1 N–H and O–H groups in total. The van der Waals surface area contributed by atoms with E-state index in [1.54, 1.807) is 0 Å². The van der Waals surface area contributed by atoms with Crippen molar-refractivity contribution in [2.45, 2.75) is 53.4 Å². The van der Waals surface area contributed by atoms with Gasteiger partial charge in [0.15, 0.2) is 0 Å². The van der Waals surface area contributed by atoms with Crippen molar-refractivity contribution in [2.75, 3.05) is 26.2 Å². The molecule has 17 heavy (non-hydrogen) atoms. The van der Waals surface area contributed by atoms with Crippen molar-refractivity contribution in [3.05, 3.63) is 10.1 Å². The predicted molar refractivity (Wildman–Crippen MR) is 69.7 cm³/mol. The lowest BCUT2D eigenvalue weighted by atomic mass is 10.2. The highest BCUT2D eigenvalue weighted by molar-refractivity contribution is 4.43. The van der Waals surface area contributed by atoms with E-state index < -0.39 is 5.09 Å². The number of hydrogen-bond acceptors (Lipinski definition) is 2. The molecule has 0 saturated carbocycles. The normalized spacial score (nSPS) is 10.6. The lowest BCUT2D eigenvalue weighted by Crippen LogP contribution is -2.50. The molecule has 0 amide bonds. The fourth-order valence-electron chi connectivity index (χ4n) is 2.57. The van der Waals surface area contributed by atoms with Crippen LogP contribution in [0.4, 0.5) is 0 Å². The summed E-state index contributed by atoms with van der Waals surface area (Å²) in [5.41, 5.74) is 0. The van der Waals surface area contributed by atoms with Gasteiger partial charge in [-0.2, -0.15) is 0 Å². The van der Waals surface area contributed by atoms with Crippen LogP contribution in [0.3, 0.4) is 0 Å². The molecule has 0 radical (unpaired) electrons. The first-order chi connectivity index (χ1) is 7.97. The van der Waals surface area contributed by atoms with Gasteiger partial charge in [-0.15, -0.1) is 10.1 Å². The van der Waals surface area contributed by atoms with Crippen LogP contribution in [0, 0.1) is 10.1 Å². The fraction of sp³-hybridized carbons (Fsp3) is 1.00. The molecule has 0 unspecified atom stereocenters. The van der Waals surface area contributed by atoms with Crippen LogP contribution in [0.5, 0.6) is 0 Å². The van der Waals surface area contributed by atoms with Gasteiger partial charge in [0.05, 0.1) is 26.2 Å². The Morgan fingerprint density at radius 3 is 1.18 bits per heavy atom. The highest BCUT2D eigenvalue weighted by Gasteiger charge is 2.22. The standard InChI is InChI=1S/C12H28N.HNO3/c1-5-9-13(10-6-2,11-7-3)12-8-4;2-1(3)4/h5-12H2,1-4H3;(H,2,3,4)/q+1;. The van der Waals surface area contributed by atoms with Crippen molar-refractivity contribution >= 4 is 0 Å². The molecule has 0 aliphatic carbocycles. The maximum atomic E-state index is 8.36. The van der Waals surface area contributed by atoms with Crippen LogP contribution in [0.15, 0.2) is 0 Å². The van der Waals surface area contributed by atoms with Crippen LogP contribution in [-0.4, -0.2) is 41.0 Å². The Morgan fingerprint density at radius 2 is 1.06 bits per heavy atom. The smallest absolute Gasteiger partial charge is 0.291 e. The van der Waals surface area contributed by atoms with E-state index in [2.05, 4.69) is 27.7 Å². The van der Waals surface area contributed by atoms with Crippen molar-refractivity contribution in [2.24, 2.45) is 0 Å². The summed E-state index contributed by atoms with van der Waals surface area (Å²) in [6.45, 7) is 14.8. The topological polar surface area (TPSA) is 63.4 Å². The summed E-state index contributed by atoms with van der Waals surface area (Å²) in [6, 6.07) is 0. The Hall–Kier alpha value is -0.840. The maximum absolute atomic E-state index is 8.36. The van der Waals surface area contributed by atoms with E-state index in [1.807, 2.05) is 0 Å². The Labute approximate surface area is 105 Å². The maximum Gasteiger partial charge on any atom is 0.291 e. The van der Waals surface area contributed by atoms with Gasteiger partial charge in [-0.25, -0.2) is 0 Å². The number of rotatable bonds is 8. The Kier molecular flexibility index (Phi) is 12.7. The molecule has 0 aromatic carbocycles. The molecule has 5 nitrogen and oxygen atoms in total. The summed E-state index contributed by atoms with van der Waals surface area (Å²) in [4.78, 5) is 8.36.